The van der Waals surface area contributed by atoms with Crippen LogP contribution in [0.1, 0.15) is 19.4 Å². The minimum atomic E-state index is -0.502. The summed E-state index contributed by atoms with van der Waals surface area (Å²) in [5, 5.41) is 5.04. The number of carbonyl (C=O) groups excluding carboxylic acids is 3. The fraction of sp³-hybridized carbons (Fsp3) is 0.471. The Bertz CT molecular complexity index is 583. The summed E-state index contributed by atoms with van der Waals surface area (Å²) < 4.78 is 0. The zero-order chi connectivity index (χ0) is 17.5. The summed E-state index contributed by atoms with van der Waals surface area (Å²) in [6.45, 7) is 6.14. The Balaban J connectivity index is 1.75. The zero-order valence-electron chi connectivity index (χ0n) is 14.1. The van der Waals surface area contributed by atoms with Crippen LogP contribution in [0.15, 0.2) is 30.3 Å². The summed E-state index contributed by atoms with van der Waals surface area (Å²) in [5.74, 6) is -0.288. The molecule has 1 heterocycles. The predicted octanol–water partition coefficient (Wildman–Crippen LogP) is 0.565. The van der Waals surface area contributed by atoms with Gasteiger partial charge in [0.2, 0.25) is 11.8 Å². The van der Waals surface area contributed by atoms with Crippen LogP contribution >= 0.6 is 0 Å². The van der Waals surface area contributed by atoms with Gasteiger partial charge in [-0.05, 0) is 12.5 Å². The van der Waals surface area contributed by atoms with Crippen molar-refractivity contribution < 1.29 is 14.4 Å². The van der Waals surface area contributed by atoms with Gasteiger partial charge < -0.3 is 10.2 Å². The van der Waals surface area contributed by atoms with Gasteiger partial charge in [0.15, 0.2) is 0 Å². The van der Waals surface area contributed by atoms with E-state index in [1.54, 1.807) is 18.7 Å². The van der Waals surface area contributed by atoms with Gasteiger partial charge in [-0.25, -0.2) is 4.79 Å². The van der Waals surface area contributed by atoms with Gasteiger partial charge in [0.25, 0.3) is 0 Å². The quantitative estimate of drug-likeness (QED) is 0.844. The molecule has 1 aliphatic heterocycles. The van der Waals surface area contributed by atoms with E-state index in [1.807, 2.05) is 35.2 Å². The van der Waals surface area contributed by atoms with Crippen molar-refractivity contribution in [2.75, 3.05) is 26.2 Å². The van der Waals surface area contributed by atoms with E-state index in [4.69, 9.17) is 0 Å². The summed E-state index contributed by atoms with van der Waals surface area (Å²) >= 11 is 0. The first-order valence-electron chi connectivity index (χ1n) is 8.09. The van der Waals surface area contributed by atoms with Crippen molar-refractivity contribution in [1.82, 2.24) is 20.4 Å². The molecule has 1 fully saturated rings. The maximum Gasteiger partial charge on any atom is 0.321 e. The highest BCUT2D eigenvalue weighted by molar-refractivity contribution is 5.96. The minimum absolute atomic E-state index is 0.0482. The van der Waals surface area contributed by atoms with Gasteiger partial charge in [-0.2, -0.15) is 0 Å². The number of piperazine rings is 1. The van der Waals surface area contributed by atoms with Crippen LogP contribution in [0.5, 0.6) is 0 Å². The Morgan fingerprint density at radius 1 is 1.08 bits per heavy atom. The molecule has 0 radical (unpaired) electrons. The van der Waals surface area contributed by atoms with Gasteiger partial charge in [0.1, 0.15) is 0 Å². The minimum Gasteiger partial charge on any atom is -0.340 e. The highest BCUT2D eigenvalue weighted by Gasteiger charge is 2.27. The SMILES string of the molecule is CC(=O)N1CCN(C(C)C(=O)NC(=O)NCc2ccccc2)CC1. The fourth-order valence-corrected chi connectivity index (χ4v) is 2.63. The molecule has 0 bridgehead atoms. The van der Waals surface area contributed by atoms with Gasteiger partial charge in [-0.15, -0.1) is 0 Å². The molecule has 130 valence electrons. The standard InChI is InChI=1S/C17H24N4O3/c1-13(20-8-10-21(11-9-20)14(2)22)16(23)19-17(24)18-12-15-6-4-3-5-7-15/h3-7,13H,8-12H2,1-2H3,(H2,18,19,23,24). The molecule has 1 unspecified atom stereocenters. The highest BCUT2D eigenvalue weighted by Crippen LogP contribution is 2.06. The summed E-state index contributed by atoms with van der Waals surface area (Å²) in [6.07, 6.45) is 0. The van der Waals surface area contributed by atoms with Crippen molar-refractivity contribution in [3.8, 4) is 0 Å². The second-order valence-electron chi connectivity index (χ2n) is 5.88. The van der Waals surface area contributed by atoms with Crippen molar-refractivity contribution in [2.45, 2.75) is 26.4 Å². The number of imide groups is 1. The number of rotatable bonds is 4. The van der Waals surface area contributed by atoms with Crippen molar-refractivity contribution in [3.63, 3.8) is 0 Å². The number of amides is 4. The smallest absolute Gasteiger partial charge is 0.321 e. The fourth-order valence-electron chi connectivity index (χ4n) is 2.63. The topological polar surface area (TPSA) is 81.8 Å². The van der Waals surface area contributed by atoms with Crippen LogP contribution in [0, 0.1) is 0 Å². The normalized spacial score (nSPS) is 16.3. The van der Waals surface area contributed by atoms with Gasteiger partial charge in [-0.3, -0.25) is 19.8 Å². The van der Waals surface area contributed by atoms with E-state index in [0.29, 0.717) is 32.7 Å². The van der Waals surface area contributed by atoms with Gasteiger partial charge >= 0.3 is 6.03 Å². The number of nitrogens with zero attached hydrogens (tertiary/aromatic N) is 2. The summed E-state index contributed by atoms with van der Waals surface area (Å²) in [7, 11) is 0. The average Bonchev–Trinajstić information content (AvgIpc) is 2.60. The number of urea groups is 1. The van der Waals surface area contributed by atoms with E-state index in [0.717, 1.165) is 5.56 Å². The summed E-state index contributed by atoms with van der Waals surface area (Å²) in [5.41, 5.74) is 0.966. The molecule has 1 aromatic carbocycles. The van der Waals surface area contributed by atoms with E-state index in [1.165, 1.54) is 0 Å². The van der Waals surface area contributed by atoms with Gasteiger partial charge in [0.05, 0.1) is 6.04 Å². The third-order valence-corrected chi connectivity index (χ3v) is 4.22. The number of carbonyl (C=O) groups is 3. The molecule has 7 nitrogen and oxygen atoms in total. The Hall–Kier alpha value is -2.41. The molecule has 0 saturated carbocycles. The first-order chi connectivity index (χ1) is 11.5. The number of hydrogen-bond donors (Lipinski definition) is 2. The first kappa shape index (κ1) is 17.9. The Kier molecular flexibility index (Phi) is 6.31. The monoisotopic (exact) mass is 332 g/mol. The molecule has 7 heteroatoms. The molecule has 24 heavy (non-hydrogen) atoms. The maximum absolute atomic E-state index is 12.2. The second-order valence-corrected chi connectivity index (χ2v) is 5.88. The van der Waals surface area contributed by atoms with Crippen LogP contribution in [0.3, 0.4) is 0 Å². The molecule has 4 amide bonds. The molecule has 0 spiro atoms. The summed E-state index contributed by atoms with van der Waals surface area (Å²) in [4.78, 5) is 39.1. The molecular formula is C17H24N4O3. The van der Waals surface area contributed by atoms with Crippen LogP contribution in [-0.4, -0.2) is 59.9 Å². The third kappa shape index (κ3) is 5.06. The van der Waals surface area contributed by atoms with Crippen molar-refractivity contribution in [1.29, 1.82) is 0 Å². The molecular weight excluding hydrogens is 308 g/mol. The largest absolute Gasteiger partial charge is 0.340 e. The lowest BCUT2D eigenvalue weighted by atomic mass is 10.2. The summed E-state index contributed by atoms with van der Waals surface area (Å²) in [6, 6.07) is 8.57. The second kappa shape index (κ2) is 8.44. The molecule has 0 aliphatic carbocycles. The van der Waals surface area contributed by atoms with Crippen LogP contribution in [0.2, 0.25) is 0 Å². The lowest BCUT2D eigenvalue weighted by Gasteiger charge is -2.36. The molecule has 1 saturated heterocycles. The van der Waals surface area contributed by atoms with Crippen LogP contribution in [-0.2, 0) is 16.1 Å². The van der Waals surface area contributed by atoms with Crippen LogP contribution in [0.4, 0.5) is 4.79 Å². The average molecular weight is 332 g/mol. The highest BCUT2D eigenvalue weighted by atomic mass is 16.2. The van der Waals surface area contributed by atoms with Crippen LogP contribution < -0.4 is 10.6 Å². The van der Waals surface area contributed by atoms with E-state index in [-0.39, 0.29) is 11.8 Å². The van der Waals surface area contributed by atoms with Crippen molar-refractivity contribution in [3.05, 3.63) is 35.9 Å². The number of nitrogens with one attached hydrogen (secondary N) is 2. The molecule has 1 aliphatic rings. The van der Waals surface area contributed by atoms with E-state index in [2.05, 4.69) is 10.6 Å². The Morgan fingerprint density at radius 2 is 1.71 bits per heavy atom. The molecule has 0 aromatic heterocycles. The van der Waals surface area contributed by atoms with E-state index >= 15 is 0 Å². The number of benzene rings is 1. The lowest BCUT2D eigenvalue weighted by molar-refractivity contribution is -0.132. The van der Waals surface area contributed by atoms with Gasteiger partial charge in [-0.1, -0.05) is 30.3 Å². The van der Waals surface area contributed by atoms with E-state index < -0.39 is 12.1 Å². The molecule has 2 N–H and O–H groups in total. The van der Waals surface area contributed by atoms with Crippen LogP contribution in [0.25, 0.3) is 0 Å². The first-order valence-corrected chi connectivity index (χ1v) is 8.09. The Labute approximate surface area is 142 Å². The zero-order valence-corrected chi connectivity index (χ0v) is 14.1. The molecule has 2 rings (SSSR count). The maximum atomic E-state index is 12.2. The number of hydrogen-bond acceptors (Lipinski definition) is 4. The molecule has 1 atom stereocenters. The predicted molar refractivity (Wildman–Crippen MR) is 90.1 cm³/mol. The van der Waals surface area contributed by atoms with Crippen molar-refractivity contribution >= 4 is 17.8 Å². The Morgan fingerprint density at radius 3 is 2.29 bits per heavy atom. The third-order valence-electron chi connectivity index (χ3n) is 4.22. The molecule has 1 aromatic rings. The van der Waals surface area contributed by atoms with Gasteiger partial charge in [0, 0.05) is 39.6 Å². The van der Waals surface area contributed by atoms with Crippen molar-refractivity contribution in [2.24, 2.45) is 0 Å². The lowest BCUT2D eigenvalue weighted by Crippen LogP contribution is -2.56. The van der Waals surface area contributed by atoms with E-state index in [9.17, 15) is 14.4 Å².